The standard InChI is InChI=1S/C15H24N2O/c1-2-9-17(12-15-4-3-10-18-15)14-7-5-13(11-16)6-8-14/h5-8,15H,2-4,9-12,16H2,1H3. The van der Waals surface area contributed by atoms with Crippen LogP contribution in [-0.2, 0) is 11.3 Å². The second-order valence-electron chi connectivity index (χ2n) is 4.95. The fraction of sp³-hybridized carbons (Fsp3) is 0.600. The Bertz CT molecular complexity index is 344. The van der Waals surface area contributed by atoms with Crippen molar-refractivity contribution in [1.29, 1.82) is 0 Å². The van der Waals surface area contributed by atoms with Crippen molar-refractivity contribution in [3.8, 4) is 0 Å². The number of benzene rings is 1. The maximum Gasteiger partial charge on any atom is 0.0750 e. The van der Waals surface area contributed by atoms with E-state index in [2.05, 4.69) is 36.1 Å². The van der Waals surface area contributed by atoms with E-state index >= 15 is 0 Å². The third-order valence-corrected chi connectivity index (χ3v) is 3.48. The normalized spacial score (nSPS) is 19.1. The Morgan fingerprint density at radius 2 is 2.11 bits per heavy atom. The number of nitrogens with zero attached hydrogens (tertiary/aromatic N) is 1. The van der Waals surface area contributed by atoms with E-state index in [-0.39, 0.29) is 0 Å². The molecular formula is C15H24N2O. The zero-order valence-corrected chi connectivity index (χ0v) is 11.3. The lowest BCUT2D eigenvalue weighted by Gasteiger charge is -2.27. The Labute approximate surface area is 110 Å². The van der Waals surface area contributed by atoms with Crippen LogP contribution in [0.1, 0.15) is 31.7 Å². The molecule has 1 heterocycles. The molecule has 1 unspecified atom stereocenters. The Hall–Kier alpha value is -1.06. The van der Waals surface area contributed by atoms with Gasteiger partial charge in [0.25, 0.3) is 0 Å². The summed E-state index contributed by atoms with van der Waals surface area (Å²) < 4.78 is 5.73. The van der Waals surface area contributed by atoms with Crippen molar-refractivity contribution >= 4 is 5.69 Å². The Balaban J connectivity index is 2.02. The van der Waals surface area contributed by atoms with Crippen LogP contribution in [0.4, 0.5) is 5.69 Å². The molecule has 2 N–H and O–H groups in total. The maximum atomic E-state index is 5.73. The van der Waals surface area contributed by atoms with Crippen LogP contribution in [0.5, 0.6) is 0 Å². The number of ether oxygens (including phenoxy) is 1. The summed E-state index contributed by atoms with van der Waals surface area (Å²) in [6.45, 7) is 5.85. The highest BCUT2D eigenvalue weighted by Gasteiger charge is 2.19. The van der Waals surface area contributed by atoms with Gasteiger partial charge in [-0.05, 0) is 37.0 Å². The van der Waals surface area contributed by atoms with Gasteiger partial charge >= 0.3 is 0 Å². The average molecular weight is 248 g/mol. The molecule has 3 nitrogen and oxygen atoms in total. The summed E-state index contributed by atoms with van der Waals surface area (Å²) in [6.07, 6.45) is 3.97. The number of nitrogens with two attached hydrogens (primary N) is 1. The molecule has 2 rings (SSSR count). The summed E-state index contributed by atoms with van der Waals surface area (Å²) in [6, 6.07) is 8.58. The van der Waals surface area contributed by atoms with Gasteiger partial charge in [-0.2, -0.15) is 0 Å². The van der Waals surface area contributed by atoms with Gasteiger partial charge in [-0.1, -0.05) is 19.1 Å². The highest BCUT2D eigenvalue weighted by molar-refractivity contribution is 5.47. The molecule has 1 saturated heterocycles. The summed E-state index contributed by atoms with van der Waals surface area (Å²) in [4.78, 5) is 2.43. The SMILES string of the molecule is CCCN(CC1CCCO1)c1ccc(CN)cc1. The molecule has 1 aromatic rings. The maximum absolute atomic E-state index is 5.73. The molecule has 0 radical (unpaired) electrons. The van der Waals surface area contributed by atoms with E-state index in [0.29, 0.717) is 12.6 Å². The summed E-state index contributed by atoms with van der Waals surface area (Å²) in [5.41, 5.74) is 8.10. The fourth-order valence-electron chi connectivity index (χ4n) is 2.47. The third kappa shape index (κ3) is 3.47. The van der Waals surface area contributed by atoms with Gasteiger partial charge in [-0.25, -0.2) is 0 Å². The minimum Gasteiger partial charge on any atom is -0.376 e. The Kier molecular flexibility index (Phi) is 5.02. The third-order valence-electron chi connectivity index (χ3n) is 3.48. The van der Waals surface area contributed by atoms with E-state index < -0.39 is 0 Å². The molecule has 1 aliphatic rings. The molecule has 0 spiro atoms. The van der Waals surface area contributed by atoms with E-state index in [1.54, 1.807) is 0 Å². The van der Waals surface area contributed by atoms with Crippen molar-refractivity contribution in [1.82, 2.24) is 0 Å². The van der Waals surface area contributed by atoms with Crippen LogP contribution in [-0.4, -0.2) is 25.8 Å². The summed E-state index contributed by atoms with van der Waals surface area (Å²) in [5, 5.41) is 0. The smallest absolute Gasteiger partial charge is 0.0750 e. The highest BCUT2D eigenvalue weighted by atomic mass is 16.5. The van der Waals surface area contributed by atoms with Gasteiger partial charge in [0, 0.05) is 31.9 Å². The predicted octanol–water partition coefficient (Wildman–Crippen LogP) is 2.54. The van der Waals surface area contributed by atoms with Crippen LogP contribution < -0.4 is 10.6 Å². The van der Waals surface area contributed by atoms with Gasteiger partial charge in [0.05, 0.1) is 6.10 Å². The Morgan fingerprint density at radius 1 is 1.33 bits per heavy atom. The molecule has 0 bridgehead atoms. The minimum absolute atomic E-state index is 0.408. The van der Waals surface area contributed by atoms with E-state index in [1.165, 1.54) is 24.1 Å². The van der Waals surface area contributed by atoms with E-state index in [9.17, 15) is 0 Å². The van der Waals surface area contributed by atoms with Crippen molar-refractivity contribution in [2.24, 2.45) is 5.73 Å². The highest BCUT2D eigenvalue weighted by Crippen LogP contribution is 2.20. The molecule has 18 heavy (non-hydrogen) atoms. The predicted molar refractivity (Wildman–Crippen MR) is 75.8 cm³/mol. The number of hydrogen-bond donors (Lipinski definition) is 1. The minimum atomic E-state index is 0.408. The van der Waals surface area contributed by atoms with E-state index in [4.69, 9.17) is 10.5 Å². The van der Waals surface area contributed by atoms with Gasteiger partial charge in [0.2, 0.25) is 0 Å². The number of anilines is 1. The second-order valence-corrected chi connectivity index (χ2v) is 4.95. The first kappa shape index (κ1) is 13.4. The van der Waals surface area contributed by atoms with Crippen LogP contribution in [0, 0.1) is 0 Å². The average Bonchev–Trinajstić information content (AvgIpc) is 2.91. The summed E-state index contributed by atoms with van der Waals surface area (Å²) in [5.74, 6) is 0. The lowest BCUT2D eigenvalue weighted by atomic mass is 10.1. The lowest BCUT2D eigenvalue weighted by Crippen LogP contribution is -2.32. The molecule has 0 aromatic heterocycles. The molecule has 1 aliphatic heterocycles. The fourth-order valence-corrected chi connectivity index (χ4v) is 2.47. The molecule has 100 valence electrons. The van der Waals surface area contributed by atoms with Crippen molar-refractivity contribution < 1.29 is 4.74 Å². The molecule has 1 atom stereocenters. The topological polar surface area (TPSA) is 38.5 Å². The van der Waals surface area contributed by atoms with Gasteiger partial charge < -0.3 is 15.4 Å². The summed E-state index contributed by atoms with van der Waals surface area (Å²) in [7, 11) is 0. The first-order valence-corrected chi connectivity index (χ1v) is 6.99. The van der Waals surface area contributed by atoms with Crippen LogP contribution in [0.3, 0.4) is 0 Å². The zero-order chi connectivity index (χ0) is 12.8. The van der Waals surface area contributed by atoms with Crippen molar-refractivity contribution in [2.45, 2.75) is 38.8 Å². The van der Waals surface area contributed by atoms with Gasteiger partial charge in [0.1, 0.15) is 0 Å². The quantitative estimate of drug-likeness (QED) is 0.841. The monoisotopic (exact) mass is 248 g/mol. The largest absolute Gasteiger partial charge is 0.376 e. The molecule has 1 aromatic carbocycles. The van der Waals surface area contributed by atoms with Crippen LogP contribution in [0.2, 0.25) is 0 Å². The van der Waals surface area contributed by atoms with Crippen molar-refractivity contribution in [2.75, 3.05) is 24.6 Å². The van der Waals surface area contributed by atoms with Gasteiger partial charge in [-0.15, -0.1) is 0 Å². The van der Waals surface area contributed by atoms with Crippen molar-refractivity contribution in [3.63, 3.8) is 0 Å². The van der Waals surface area contributed by atoms with Crippen LogP contribution >= 0.6 is 0 Å². The Morgan fingerprint density at radius 3 is 2.67 bits per heavy atom. The molecule has 0 saturated carbocycles. The number of hydrogen-bond acceptors (Lipinski definition) is 3. The first-order valence-electron chi connectivity index (χ1n) is 6.99. The van der Waals surface area contributed by atoms with Crippen LogP contribution in [0.15, 0.2) is 24.3 Å². The lowest BCUT2D eigenvalue weighted by molar-refractivity contribution is 0.115. The molecule has 1 fully saturated rings. The number of rotatable bonds is 6. The molecule has 0 amide bonds. The zero-order valence-electron chi connectivity index (χ0n) is 11.3. The van der Waals surface area contributed by atoms with E-state index in [1.807, 2.05) is 0 Å². The molecular weight excluding hydrogens is 224 g/mol. The van der Waals surface area contributed by atoms with Crippen molar-refractivity contribution in [3.05, 3.63) is 29.8 Å². The van der Waals surface area contributed by atoms with Gasteiger partial charge in [0.15, 0.2) is 0 Å². The van der Waals surface area contributed by atoms with Gasteiger partial charge in [-0.3, -0.25) is 0 Å². The summed E-state index contributed by atoms with van der Waals surface area (Å²) >= 11 is 0. The van der Waals surface area contributed by atoms with Crippen LogP contribution in [0.25, 0.3) is 0 Å². The molecule has 3 heteroatoms. The van der Waals surface area contributed by atoms with E-state index in [0.717, 1.165) is 26.1 Å². The second kappa shape index (κ2) is 6.76. The first-order chi connectivity index (χ1) is 8.83. The molecule has 0 aliphatic carbocycles.